The van der Waals surface area contributed by atoms with Gasteiger partial charge in [0.25, 0.3) is 0 Å². The van der Waals surface area contributed by atoms with Gasteiger partial charge in [-0.1, -0.05) is 12.1 Å². The minimum absolute atomic E-state index is 0.0449. The quantitative estimate of drug-likeness (QED) is 0.946. The van der Waals surface area contributed by atoms with Gasteiger partial charge in [-0.2, -0.15) is 5.10 Å². The van der Waals surface area contributed by atoms with Crippen LogP contribution < -0.4 is 5.32 Å². The summed E-state index contributed by atoms with van der Waals surface area (Å²) in [7, 11) is 0. The molecule has 2 aliphatic rings. The number of nitrogens with one attached hydrogen (secondary N) is 1. The molecule has 0 spiro atoms. The predicted molar refractivity (Wildman–Crippen MR) is 84.6 cm³/mol. The fraction of sp³-hybridized carbons (Fsp3) is 0.412. The molecule has 22 heavy (non-hydrogen) atoms. The highest BCUT2D eigenvalue weighted by atomic mass is 16.2. The average molecular weight is 296 g/mol. The second-order valence-corrected chi connectivity index (χ2v) is 6.23. The van der Waals surface area contributed by atoms with E-state index in [2.05, 4.69) is 16.5 Å². The number of likely N-dealkylation sites (tertiary alicyclic amines) is 1. The predicted octanol–water partition coefficient (Wildman–Crippen LogP) is 2.95. The Kier molecular flexibility index (Phi) is 3.33. The van der Waals surface area contributed by atoms with Gasteiger partial charge >= 0.3 is 6.03 Å². The van der Waals surface area contributed by atoms with Gasteiger partial charge in [0, 0.05) is 30.7 Å². The van der Waals surface area contributed by atoms with Gasteiger partial charge in [0.1, 0.15) is 0 Å². The number of anilines is 1. The molecule has 1 aromatic carbocycles. The standard InChI is InChI=1S/C17H20N4O/c22-17(21-9-2-5-14-11-16(14)21)19-15-6-1-4-13(10-15)12-20-8-3-7-18-20/h1,3-4,6-8,10,14,16H,2,5,9,11-12H2,(H,19,22). The number of carbonyl (C=O) groups is 1. The maximum atomic E-state index is 12.4. The number of urea groups is 1. The van der Waals surface area contributed by atoms with Crippen molar-refractivity contribution in [3.05, 3.63) is 48.3 Å². The van der Waals surface area contributed by atoms with E-state index < -0.39 is 0 Å². The van der Waals surface area contributed by atoms with Gasteiger partial charge in [0.15, 0.2) is 0 Å². The number of rotatable bonds is 3. The third-order valence-electron chi connectivity index (χ3n) is 4.60. The van der Waals surface area contributed by atoms with E-state index in [0.717, 1.165) is 30.1 Å². The van der Waals surface area contributed by atoms with Crippen molar-refractivity contribution in [3.8, 4) is 0 Å². The number of carbonyl (C=O) groups excluding carboxylic acids is 1. The van der Waals surface area contributed by atoms with Crippen LogP contribution in [0.15, 0.2) is 42.7 Å². The fourth-order valence-electron chi connectivity index (χ4n) is 3.39. The van der Waals surface area contributed by atoms with Crippen LogP contribution in [0.3, 0.4) is 0 Å². The highest BCUT2D eigenvalue weighted by Crippen LogP contribution is 2.43. The minimum Gasteiger partial charge on any atom is -0.321 e. The number of fused-ring (bicyclic) bond motifs is 1. The van der Waals surface area contributed by atoms with Crippen molar-refractivity contribution in [2.24, 2.45) is 5.92 Å². The van der Waals surface area contributed by atoms with Crippen LogP contribution in [0.4, 0.5) is 10.5 Å². The molecule has 1 saturated carbocycles. The average Bonchev–Trinajstić information content (AvgIpc) is 3.15. The molecular formula is C17H20N4O. The molecule has 2 amide bonds. The van der Waals surface area contributed by atoms with E-state index in [-0.39, 0.29) is 6.03 Å². The zero-order valence-corrected chi connectivity index (χ0v) is 12.5. The van der Waals surface area contributed by atoms with Crippen molar-refractivity contribution >= 4 is 11.7 Å². The lowest BCUT2D eigenvalue weighted by Gasteiger charge is -2.26. The molecule has 2 fully saturated rings. The summed E-state index contributed by atoms with van der Waals surface area (Å²) in [5.41, 5.74) is 1.99. The summed E-state index contributed by atoms with van der Waals surface area (Å²) in [6.07, 6.45) is 7.31. The number of amides is 2. The fourth-order valence-corrected chi connectivity index (χ4v) is 3.39. The summed E-state index contributed by atoms with van der Waals surface area (Å²) in [6, 6.07) is 10.4. The zero-order valence-electron chi connectivity index (χ0n) is 12.5. The van der Waals surface area contributed by atoms with Crippen molar-refractivity contribution in [1.82, 2.24) is 14.7 Å². The van der Waals surface area contributed by atoms with Crippen LogP contribution in [0.1, 0.15) is 24.8 Å². The molecule has 4 rings (SSSR count). The summed E-state index contributed by atoms with van der Waals surface area (Å²) >= 11 is 0. The van der Waals surface area contributed by atoms with E-state index in [1.807, 2.05) is 40.0 Å². The lowest BCUT2D eigenvalue weighted by molar-refractivity contribution is 0.195. The Balaban J connectivity index is 1.43. The molecule has 1 aromatic heterocycles. The summed E-state index contributed by atoms with van der Waals surface area (Å²) in [6.45, 7) is 1.60. The molecule has 0 radical (unpaired) electrons. The summed E-state index contributed by atoms with van der Waals surface area (Å²) < 4.78 is 1.88. The number of benzene rings is 1. The number of hydrogen-bond donors (Lipinski definition) is 1. The van der Waals surface area contributed by atoms with Gasteiger partial charge in [-0.25, -0.2) is 4.79 Å². The maximum absolute atomic E-state index is 12.4. The minimum atomic E-state index is 0.0449. The first-order valence-corrected chi connectivity index (χ1v) is 7.93. The molecule has 1 saturated heterocycles. The molecule has 0 bridgehead atoms. The Morgan fingerprint density at radius 3 is 3.18 bits per heavy atom. The third-order valence-corrected chi connectivity index (χ3v) is 4.60. The topological polar surface area (TPSA) is 50.2 Å². The first-order chi connectivity index (χ1) is 10.8. The molecular weight excluding hydrogens is 276 g/mol. The molecule has 2 atom stereocenters. The van der Waals surface area contributed by atoms with Crippen molar-refractivity contribution in [3.63, 3.8) is 0 Å². The summed E-state index contributed by atoms with van der Waals surface area (Å²) in [5.74, 6) is 0.755. The van der Waals surface area contributed by atoms with Crippen LogP contribution in [0.2, 0.25) is 0 Å². The molecule has 2 heterocycles. The van der Waals surface area contributed by atoms with E-state index in [1.165, 1.54) is 12.8 Å². The Labute approximate surface area is 129 Å². The van der Waals surface area contributed by atoms with Crippen molar-refractivity contribution in [2.45, 2.75) is 31.8 Å². The normalized spacial score (nSPS) is 23.0. The van der Waals surface area contributed by atoms with E-state index >= 15 is 0 Å². The first kappa shape index (κ1) is 13.4. The number of nitrogens with zero attached hydrogens (tertiary/aromatic N) is 3. The van der Waals surface area contributed by atoms with Crippen molar-refractivity contribution < 1.29 is 4.79 Å². The molecule has 5 nitrogen and oxygen atoms in total. The molecule has 2 unspecified atom stereocenters. The van der Waals surface area contributed by atoms with Crippen LogP contribution in [-0.2, 0) is 6.54 Å². The number of piperidine rings is 1. The second kappa shape index (κ2) is 5.48. The maximum Gasteiger partial charge on any atom is 0.322 e. The van der Waals surface area contributed by atoms with Crippen LogP contribution in [-0.4, -0.2) is 33.3 Å². The molecule has 1 aliphatic carbocycles. The van der Waals surface area contributed by atoms with Crippen LogP contribution in [0.25, 0.3) is 0 Å². The Morgan fingerprint density at radius 2 is 2.32 bits per heavy atom. The number of aromatic nitrogens is 2. The van der Waals surface area contributed by atoms with Gasteiger partial charge in [0.05, 0.1) is 6.54 Å². The zero-order chi connectivity index (χ0) is 14.9. The lowest BCUT2D eigenvalue weighted by atomic mass is 10.1. The number of hydrogen-bond acceptors (Lipinski definition) is 2. The van der Waals surface area contributed by atoms with E-state index in [4.69, 9.17) is 0 Å². The van der Waals surface area contributed by atoms with Gasteiger partial charge in [0.2, 0.25) is 0 Å². The van der Waals surface area contributed by atoms with Gasteiger partial charge < -0.3 is 10.2 Å². The van der Waals surface area contributed by atoms with Crippen LogP contribution in [0, 0.1) is 5.92 Å². The van der Waals surface area contributed by atoms with Crippen LogP contribution >= 0.6 is 0 Å². The Morgan fingerprint density at radius 1 is 1.36 bits per heavy atom. The Hall–Kier alpha value is -2.30. The van der Waals surface area contributed by atoms with Gasteiger partial charge in [-0.15, -0.1) is 0 Å². The summed E-state index contributed by atoms with van der Waals surface area (Å²) in [4.78, 5) is 14.4. The van der Waals surface area contributed by atoms with E-state index in [1.54, 1.807) is 6.20 Å². The lowest BCUT2D eigenvalue weighted by Crippen LogP contribution is -2.40. The second-order valence-electron chi connectivity index (χ2n) is 6.23. The first-order valence-electron chi connectivity index (χ1n) is 7.93. The van der Waals surface area contributed by atoms with Gasteiger partial charge in [-0.3, -0.25) is 4.68 Å². The molecule has 114 valence electrons. The smallest absolute Gasteiger partial charge is 0.321 e. The molecule has 1 N–H and O–H groups in total. The largest absolute Gasteiger partial charge is 0.322 e. The van der Waals surface area contributed by atoms with E-state index in [9.17, 15) is 4.79 Å². The van der Waals surface area contributed by atoms with Crippen LogP contribution in [0.5, 0.6) is 0 Å². The molecule has 2 aromatic rings. The Bertz CT molecular complexity index is 667. The van der Waals surface area contributed by atoms with Gasteiger partial charge in [-0.05, 0) is 48.9 Å². The summed E-state index contributed by atoms with van der Waals surface area (Å²) in [5, 5.41) is 7.26. The highest BCUT2D eigenvalue weighted by molar-refractivity contribution is 5.90. The monoisotopic (exact) mass is 296 g/mol. The SMILES string of the molecule is O=C(Nc1cccc(Cn2cccn2)c1)N1CCCC2CC21. The van der Waals surface area contributed by atoms with E-state index in [0.29, 0.717) is 12.6 Å². The third kappa shape index (κ3) is 2.71. The van der Waals surface area contributed by atoms with Crippen molar-refractivity contribution in [2.75, 3.05) is 11.9 Å². The molecule has 5 heteroatoms. The molecule has 1 aliphatic heterocycles. The van der Waals surface area contributed by atoms with Crippen molar-refractivity contribution in [1.29, 1.82) is 0 Å². The highest BCUT2D eigenvalue weighted by Gasteiger charge is 2.45.